The summed E-state index contributed by atoms with van der Waals surface area (Å²) in [5.74, 6) is 1.00. The Kier molecular flexibility index (Phi) is 6.32. The van der Waals surface area contributed by atoms with Crippen LogP contribution in [-0.4, -0.2) is 36.6 Å². The van der Waals surface area contributed by atoms with Crippen molar-refractivity contribution in [1.82, 2.24) is 10.2 Å². The average Bonchev–Trinajstić information content (AvgIpc) is 3.10. The van der Waals surface area contributed by atoms with Gasteiger partial charge < -0.3 is 10.2 Å². The van der Waals surface area contributed by atoms with Crippen molar-refractivity contribution in [3.8, 4) is 0 Å². The van der Waals surface area contributed by atoms with Crippen molar-refractivity contribution in [1.29, 1.82) is 0 Å². The Morgan fingerprint density at radius 2 is 1.74 bits per heavy atom. The molecule has 1 N–H and O–H groups in total. The molecule has 1 aliphatic rings. The third kappa shape index (κ3) is 7.31. The van der Waals surface area contributed by atoms with E-state index in [2.05, 4.69) is 51.8 Å². The summed E-state index contributed by atoms with van der Waals surface area (Å²) in [5, 5.41) is 3.70. The SMILES string of the molecule is CCCN(CC1CC1)CC(C)(CC)CNC(C)(C)C. The van der Waals surface area contributed by atoms with E-state index in [4.69, 9.17) is 0 Å². The Hall–Kier alpha value is -0.0800. The molecule has 114 valence electrons. The molecular formula is C17H36N2. The van der Waals surface area contributed by atoms with E-state index < -0.39 is 0 Å². The van der Waals surface area contributed by atoms with Gasteiger partial charge in [0.05, 0.1) is 0 Å². The van der Waals surface area contributed by atoms with Gasteiger partial charge in [0.1, 0.15) is 0 Å². The molecule has 19 heavy (non-hydrogen) atoms. The van der Waals surface area contributed by atoms with Gasteiger partial charge in [0.15, 0.2) is 0 Å². The second kappa shape index (κ2) is 7.08. The molecule has 0 bridgehead atoms. The monoisotopic (exact) mass is 268 g/mol. The Morgan fingerprint density at radius 3 is 2.16 bits per heavy atom. The molecule has 1 fully saturated rings. The summed E-state index contributed by atoms with van der Waals surface area (Å²) >= 11 is 0. The van der Waals surface area contributed by atoms with Gasteiger partial charge in [-0.25, -0.2) is 0 Å². The molecule has 2 heteroatoms. The highest BCUT2D eigenvalue weighted by Crippen LogP contribution is 2.31. The quantitative estimate of drug-likeness (QED) is 0.682. The highest BCUT2D eigenvalue weighted by Gasteiger charge is 2.30. The van der Waals surface area contributed by atoms with Crippen molar-refractivity contribution in [3.05, 3.63) is 0 Å². The third-order valence-electron chi connectivity index (χ3n) is 4.26. The lowest BCUT2D eigenvalue weighted by Gasteiger charge is -2.37. The fraction of sp³-hybridized carbons (Fsp3) is 1.00. The van der Waals surface area contributed by atoms with Crippen molar-refractivity contribution in [2.75, 3.05) is 26.2 Å². The fourth-order valence-electron chi connectivity index (χ4n) is 2.53. The van der Waals surface area contributed by atoms with Crippen LogP contribution >= 0.6 is 0 Å². The van der Waals surface area contributed by atoms with Gasteiger partial charge >= 0.3 is 0 Å². The smallest absolute Gasteiger partial charge is 0.00967 e. The van der Waals surface area contributed by atoms with Crippen LogP contribution in [0.25, 0.3) is 0 Å². The first-order valence-corrected chi connectivity index (χ1v) is 8.25. The molecule has 0 aromatic rings. The second-order valence-electron chi connectivity index (χ2n) is 7.95. The van der Waals surface area contributed by atoms with E-state index in [0.717, 1.165) is 12.5 Å². The number of nitrogens with one attached hydrogen (secondary N) is 1. The van der Waals surface area contributed by atoms with Gasteiger partial charge in [-0.15, -0.1) is 0 Å². The summed E-state index contributed by atoms with van der Waals surface area (Å²) in [5.41, 5.74) is 0.625. The molecule has 0 radical (unpaired) electrons. The van der Waals surface area contributed by atoms with Crippen molar-refractivity contribution in [2.24, 2.45) is 11.3 Å². The third-order valence-corrected chi connectivity index (χ3v) is 4.26. The van der Waals surface area contributed by atoms with Gasteiger partial charge in [0, 0.05) is 25.2 Å². The Bertz CT molecular complexity index is 252. The summed E-state index contributed by atoms with van der Waals surface area (Å²) in [6, 6.07) is 0. The summed E-state index contributed by atoms with van der Waals surface area (Å²) in [6.45, 7) is 18.8. The summed E-state index contributed by atoms with van der Waals surface area (Å²) in [4.78, 5) is 2.71. The molecule has 0 saturated heterocycles. The van der Waals surface area contributed by atoms with E-state index in [9.17, 15) is 0 Å². The van der Waals surface area contributed by atoms with Crippen molar-refractivity contribution in [3.63, 3.8) is 0 Å². The minimum absolute atomic E-state index is 0.225. The summed E-state index contributed by atoms with van der Waals surface area (Å²) < 4.78 is 0. The second-order valence-corrected chi connectivity index (χ2v) is 7.95. The topological polar surface area (TPSA) is 15.3 Å². The fourth-order valence-corrected chi connectivity index (χ4v) is 2.53. The van der Waals surface area contributed by atoms with Gasteiger partial charge in [0.25, 0.3) is 0 Å². The molecule has 0 spiro atoms. The Balaban J connectivity index is 2.49. The zero-order chi connectivity index (χ0) is 14.5. The van der Waals surface area contributed by atoms with Crippen LogP contribution in [0.2, 0.25) is 0 Å². The van der Waals surface area contributed by atoms with Crippen LogP contribution < -0.4 is 5.32 Å². The van der Waals surface area contributed by atoms with Crippen molar-refractivity contribution >= 4 is 0 Å². The molecule has 0 aromatic heterocycles. The first-order valence-electron chi connectivity index (χ1n) is 8.25. The largest absolute Gasteiger partial charge is 0.311 e. The number of nitrogens with zero attached hydrogens (tertiary/aromatic N) is 1. The van der Waals surface area contributed by atoms with E-state index in [1.165, 1.54) is 45.3 Å². The van der Waals surface area contributed by atoms with E-state index >= 15 is 0 Å². The maximum absolute atomic E-state index is 3.70. The molecule has 1 rings (SSSR count). The molecule has 1 saturated carbocycles. The Labute approximate surface area is 121 Å². The molecule has 2 nitrogen and oxygen atoms in total. The van der Waals surface area contributed by atoms with Gasteiger partial charge in [-0.1, -0.05) is 20.8 Å². The Morgan fingerprint density at radius 1 is 1.11 bits per heavy atom. The van der Waals surface area contributed by atoms with Gasteiger partial charge in [0.2, 0.25) is 0 Å². The standard InChI is InChI=1S/C17H36N2/c1-7-11-19(12-15-9-10-15)14-17(6,8-2)13-18-16(3,4)5/h15,18H,7-14H2,1-6H3. The number of rotatable bonds is 9. The minimum Gasteiger partial charge on any atom is -0.311 e. The van der Waals surface area contributed by atoms with Gasteiger partial charge in [-0.05, 0) is 64.3 Å². The molecule has 0 heterocycles. The minimum atomic E-state index is 0.225. The van der Waals surface area contributed by atoms with Gasteiger partial charge in [-0.3, -0.25) is 0 Å². The van der Waals surface area contributed by atoms with E-state index in [1.54, 1.807) is 0 Å². The lowest BCUT2D eigenvalue weighted by atomic mass is 9.85. The molecular weight excluding hydrogens is 232 g/mol. The number of hydrogen-bond donors (Lipinski definition) is 1. The zero-order valence-corrected chi connectivity index (χ0v) is 14.2. The average molecular weight is 268 g/mol. The van der Waals surface area contributed by atoms with E-state index in [1.807, 2.05) is 0 Å². The predicted octanol–water partition coefficient (Wildman–Crippen LogP) is 3.91. The molecule has 1 atom stereocenters. The maximum atomic E-state index is 3.70. The van der Waals surface area contributed by atoms with Crippen LogP contribution in [0.4, 0.5) is 0 Å². The highest BCUT2D eigenvalue weighted by atomic mass is 15.1. The number of hydrogen-bond acceptors (Lipinski definition) is 2. The molecule has 1 unspecified atom stereocenters. The van der Waals surface area contributed by atoms with Crippen molar-refractivity contribution < 1.29 is 0 Å². The van der Waals surface area contributed by atoms with Crippen LogP contribution in [0.3, 0.4) is 0 Å². The summed E-state index contributed by atoms with van der Waals surface area (Å²) in [7, 11) is 0. The maximum Gasteiger partial charge on any atom is 0.00967 e. The lowest BCUT2D eigenvalue weighted by Crippen LogP contribution is -2.47. The van der Waals surface area contributed by atoms with E-state index in [0.29, 0.717) is 5.41 Å². The van der Waals surface area contributed by atoms with Crippen molar-refractivity contribution in [2.45, 2.75) is 72.8 Å². The zero-order valence-electron chi connectivity index (χ0n) is 14.2. The first-order chi connectivity index (χ1) is 8.78. The van der Waals surface area contributed by atoms with Crippen LogP contribution in [0, 0.1) is 11.3 Å². The highest BCUT2D eigenvalue weighted by molar-refractivity contribution is 4.85. The molecule has 0 amide bonds. The molecule has 0 aliphatic heterocycles. The molecule has 1 aliphatic carbocycles. The molecule has 0 aromatic carbocycles. The summed E-state index contributed by atoms with van der Waals surface area (Å²) in [6.07, 6.45) is 5.45. The normalized spacial score (nSPS) is 19.7. The lowest BCUT2D eigenvalue weighted by molar-refractivity contribution is 0.141. The van der Waals surface area contributed by atoms with Crippen LogP contribution in [-0.2, 0) is 0 Å². The predicted molar refractivity (Wildman–Crippen MR) is 85.6 cm³/mol. The van der Waals surface area contributed by atoms with Crippen LogP contribution in [0.1, 0.15) is 67.2 Å². The van der Waals surface area contributed by atoms with Crippen LogP contribution in [0.5, 0.6) is 0 Å². The first kappa shape index (κ1) is 17.0. The van der Waals surface area contributed by atoms with E-state index in [-0.39, 0.29) is 5.54 Å². The van der Waals surface area contributed by atoms with Gasteiger partial charge in [-0.2, -0.15) is 0 Å². The van der Waals surface area contributed by atoms with Crippen LogP contribution in [0.15, 0.2) is 0 Å².